The van der Waals surface area contributed by atoms with Gasteiger partial charge in [-0.1, -0.05) is 76.4 Å². The van der Waals surface area contributed by atoms with Gasteiger partial charge in [0.1, 0.15) is 0 Å². The Bertz CT molecular complexity index is 1620. The van der Waals surface area contributed by atoms with Crippen LogP contribution in [0.1, 0.15) is 120 Å². The van der Waals surface area contributed by atoms with E-state index < -0.39 is 42.3 Å². The summed E-state index contributed by atoms with van der Waals surface area (Å²) in [5, 5.41) is 0. The van der Waals surface area contributed by atoms with E-state index in [1.54, 1.807) is 72.8 Å². The average Bonchev–Trinajstić information content (AvgIpc) is 3.23. The van der Waals surface area contributed by atoms with Crippen LogP contribution in [-0.4, -0.2) is 56.2 Å². The summed E-state index contributed by atoms with van der Waals surface area (Å²) in [7, 11) is 0. The third kappa shape index (κ3) is 17.9. The Labute approximate surface area is 331 Å². The van der Waals surface area contributed by atoms with E-state index in [1.807, 2.05) is 0 Å². The molecule has 15 heteroatoms. The Kier molecular flexibility index (Phi) is 20.5. The minimum absolute atomic E-state index is 0.0152. The molecule has 0 amide bonds. The van der Waals surface area contributed by atoms with Crippen LogP contribution in [0.3, 0.4) is 0 Å². The highest BCUT2D eigenvalue weighted by molar-refractivity contribution is 5.90. The summed E-state index contributed by atoms with van der Waals surface area (Å²) in [6.45, 7) is 5.24. The number of rotatable bonds is 20. The lowest BCUT2D eigenvalue weighted by Gasteiger charge is -2.16. The molecule has 0 N–H and O–H groups in total. The van der Waals surface area contributed by atoms with Crippen LogP contribution in [0.4, 0.5) is 14.4 Å². The van der Waals surface area contributed by atoms with Gasteiger partial charge in [-0.2, -0.15) is 14.4 Å². The van der Waals surface area contributed by atoms with Crippen molar-refractivity contribution in [3.63, 3.8) is 0 Å². The van der Waals surface area contributed by atoms with Crippen molar-refractivity contribution >= 4 is 36.4 Å². The zero-order valence-electron chi connectivity index (χ0n) is 32.5. The SMILES string of the molecule is CCCCc1ccc(C(=O)OOC(=O)OCCC(CCOC(=O)OOC(=O)c2ccc(CCCC)cc2)COC(=O)OOC(=O)c2ccc(CCCC)cc2)cc1. The molecule has 3 aromatic carbocycles. The molecule has 0 spiro atoms. The Hall–Kier alpha value is -6.12. The molecule has 0 saturated heterocycles. The van der Waals surface area contributed by atoms with Gasteiger partial charge in [0.25, 0.3) is 0 Å². The first-order valence-electron chi connectivity index (χ1n) is 19.0. The van der Waals surface area contributed by atoms with Crippen molar-refractivity contribution < 1.29 is 72.3 Å². The summed E-state index contributed by atoms with van der Waals surface area (Å²) >= 11 is 0. The van der Waals surface area contributed by atoms with E-state index in [4.69, 9.17) is 14.2 Å². The van der Waals surface area contributed by atoms with Crippen LogP contribution in [0, 0.1) is 5.92 Å². The van der Waals surface area contributed by atoms with E-state index in [1.165, 1.54) is 0 Å². The number of unbranched alkanes of at least 4 members (excludes halogenated alkanes) is 3. The Morgan fingerprint density at radius 2 is 0.719 bits per heavy atom. The molecule has 0 saturated carbocycles. The quantitative estimate of drug-likeness (QED) is 0.0456. The maximum Gasteiger partial charge on any atom is 0.549 e. The van der Waals surface area contributed by atoms with Crippen LogP contribution in [0.15, 0.2) is 72.8 Å². The molecule has 0 aliphatic carbocycles. The Morgan fingerprint density at radius 3 is 1.02 bits per heavy atom. The summed E-state index contributed by atoms with van der Waals surface area (Å²) in [5.74, 6) is -3.37. The fourth-order valence-corrected chi connectivity index (χ4v) is 5.11. The maximum absolute atomic E-state index is 12.3. The van der Waals surface area contributed by atoms with Crippen LogP contribution >= 0.6 is 0 Å². The number of carbonyl (C=O) groups is 6. The molecule has 0 radical (unpaired) electrons. The largest absolute Gasteiger partial charge is 0.549 e. The van der Waals surface area contributed by atoms with E-state index in [-0.39, 0.29) is 49.4 Å². The molecule has 0 unspecified atom stereocenters. The molecule has 0 atom stereocenters. The van der Waals surface area contributed by atoms with Crippen molar-refractivity contribution in [1.29, 1.82) is 0 Å². The third-order valence-corrected chi connectivity index (χ3v) is 8.51. The second kappa shape index (κ2) is 25.9. The summed E-state index contributed by atoms with van der Waals surface area (Å²) < 4.78 is 15.0. The molecule has 0 fully saturated rings. The summed E-state index contributed by atoms with van der Waals surface area (Å²) in [6.07, 6.45) is 4.74. The first-order chi connectivity index (χ1) is 27.6. The number of carbonyl (C=O) groups excluding carboxylic acids is 6. The first kappa shape index (κ1) is 45.3. The van der Waals surface area contributed by atoms with Gasteiger partial charge in [-0.05, 0) is 110 Å². The number of benzene rings is 3. The maximum atomic E-state index is 12.3. The van der Waals surface area contributed by atoms with Crippen molar-refractivity contribution in [3.8, 4) is 0 Å². The highest BCUT2D eigenvalue weighted by atomic mass is 17.2. The average molecular weight is 795 g/mol. The number of hydrogen-bond donors (Lipinski definition) is 0. The van der Waals surface area contributed by atoms with E-state index in [2.05, 4.69) is 50.1 Å². The summed E-state index contributed by atoms with van der Waals surface area (Å²) in [5.41, 5.74) is 3.64. The van der Waals surface area contributed by atoms with Crippen LogP contribution < -0.4 is 0 Å². The van der Waals surface area contributed by atoms with E-state index >= 15 is 0 Å². The van der Waals surface area contributed by atoms with Crippen LogP contribution in [0.25, 0.3) is 0 Å². The van der Waals surface area contributed by atoms with Gasteiger partial charge in [-0.25, -0.2) is 43.7 Å². The number of ether oxygens (including phenoxy) is 3. The second-order valence-electron chi connectivity index (χ2n) is 13.0. The van der Waals surface area contributed by atoms with Gasteiger partial charge in [0.2, 0.25) is 0 Å². The smallest absolute Gasteiger partial charge is 0.432 e. The zero-order chi connectivity index (χ0) is 41.3. The van der Waals surface area contributed by atoms with Gasteiger partial charge in [0.15, 0.2) is 0 Å². The molecule has 15 nitrogen and oxygen atoms in total. The highest BCUT2D eigenvalue weighted by Crippen LogP contribution is 2.15. The normalized spacial score (nSPS) is 10.5. The molecule has 0 aliphatic heterocycles. The standard InChI is InChI=1S/C42H50O15/c1-4-7-10-30-13-19-34(20-14-30)37(43)52-55-40(46)49-27-25-33(29-51-42(48)57-54-39(45)36-23-17-32(18-24-36)12-9-6-3)26-28-50-41(47)56-53-38(44)35-21-15-31(16-22-35)11-8-5-2/h13-24,33H,4-12,25-29H2,1-3H3. The molecule has 0 bridgehead atoms. The number of hydrogen-bond acceptors (Lipinski definition) is 15. The summed E-state index contributed by atoms with van der Waals surface area (Å²) in [6, 6.07) is 20.0. The zero-order valence-corrected chi connectivity index (χ0v) is 32.5. The predicted octanol–water partition coefficient (Wildman–Crippen LogP) is 9.19. The van der Waals surface area contributed by atoms with Gasteiger partial charge in [0, 0.05) is 0 Å². The van der Waals surface area contributed by atoms with Crippen molar-refractivity contribution in [1.82, 2.24) is 0 Å². The second-order valence-corrected chi connectivity index (χ2v) is 13.0. The molecule has 3 aromatic rings. The van der Waals surface area contributed by atoms with E-state index in [9.17, 15) is 28.8 Å². The third-order valence-electron chi connectivity index (χ3n) is 8.51. The molecule has 3 rings (SSSR count). The Morgan fingerprint density at radius 1 is 0.421 bits per heavy atom. The minimum Gasteiger partial charge on any atom is -0.432 e. The lowest BCUT2D eigenvalue weighted by Crippen LogP contribution is -2.21. The summed E-state index contributed by atoms with van der Waals surface area (Å²) in [4.78, 5) is 101. The molecule has 0 aromatic heterocycles. The monoisotopic (exact) mass is 794 g/mol. The first-order valence-corrected chi connectivity index (χ1v) is 19.0. The van der Waals surface area contributed by atoms with Crippen molar-refractivity contribution in [2.24, 2.45) is 5.92 Å². The lowest BCUT2D eigenvalue weighted by molar-refractivity contribution is -0.206. The Balaban J connectivity index is 1.46. The van der Waals surface area contributed by atoms with E-state index in [0.29, 0.717) is 0 Å². The van der Waals surface area contributed by atoms with Crippen molar-refractivity contribution in [2.75, 3.05) is 19.8 Å². The molecular formula is C42H50O15. The molecular weight excluding hydrogens is 744 g/mol. The van der Waals surface area contributed by atoms with Crippen molar-refractivity contribution in [2.45, 2.75) is 91.4 Å². The highest BCUT2D eigenvalue weighted by Gasteiger charge is 2.20. The minimum atomic E-state index is -1.34. The van der Waals surface area contributed by atoms with Crippen LogP contribution in [0.5, 0.6) is 0 Å². The molecule has 57 heavy (non-hydrogen) atoms. The van der Waals surface area contributed by atoms with Gasteiger partial charge in [-0.15, -0.1) is 0 Å². The van der Waals surface area contributed by atoms with Gasteiger partial charge < -0.3 is 14.2 Å². The molecule has 0 heterocycles. The number of aryl methyl sites for hydroxylation is 3. The molecule has 0 aliphatic rings. The topological polar surface area (TPSA) is 185 Å². The van der Waals surface area contributed by atoms with Gasteiger partial charge >= 0.3 is 36.4 Å². The van der Waals surface area contributed by atoms with E-state index in [0.717, 1.165) is 74.5 Å². The molecule has 308 valence electrons. The van der Waals surface area contributed by atoms with Gasteiger partial charge in [0.05, 0.1) is 36.5 Å². The predicted molar refractivity (Wildman–Crippen MR) is 201 cm³/mol. The van der Waals surface area contributed by atoms with Crippen molar-refractivity contribution in [3.05, 3.63) is 106 Å². The van der Waals surface area contributed by atoms with Crippen LogP contribution in [-0.2, 0) is 62.8 Å². The fourth-order valence-electron chi connectivity index (χ4n) is 5.11. The lowest BCUT2D eigenvalue weighted by atomic mass is 10.0. The fraction of sp³-hybridized carbons (Fsp3) is 0.429. The van der Waals surface area contributed by atoms with Gasteiger partial charge in [-0.3, -0.25) is 0 Å². The van der Waals surface area contributed by atoms with Crippen LogP contribution in [0.2, 0.25) is 0 Å².